The second kappa shape index (κ2) is 21.2. The van der Waals surface area contributed by atoms with Gasteiger partial charge in [0.05, 0.1) is 17.0 Å². The fourth-order valence-corrected chi connectivity index (χ4v) is 13.4. The molecule has 3 aliphatic heterocycles. The van der Waals surface area contributed by atoms with Crippen LogP contribution >= 0.6 is 11.8 Å². The molecule has 0 N–H and O–H groups in total. The summed E-state index contributed by atoms with van der Waals surface area (Å²) >= 11 is 1.94. The molecule has 14 rings (SSSR count). The number of anilines is 6. The Bertz CT molecular complexity index is 4430. The van der Waals surface area contributed by atoms with Crippen molar-refractivity contribution in [2.75, 3.05) is 9.80 Å². The summed E-state index contributed by atoms with van der Waals surface area (Å²) in [5.74, 6) is -0.275. The summed E-state index contributed by atoms with van der Waals surface area (Å²) in [4.78, 5) is 16.8. The molecule has 0 saturated heterocycles. The van der Waals surface area contributed by atoms with Crippen LogP contribution in [0.1, 0.15) is 116 Å². The van der Waals surface area contributed by atoms with E-state index in [0.717, 1.165) is 66.8 Å². The average molecular weight is 1310 g/mol. The molecule has 0 atom stereocenters. The molecule has 1 radical (unpaired) electrons. The van der Waals surface area contributed by atoms with Crippen molar-refractivity contribution in [1.82, 2.24) is 9.97 Å². The first-order valence-corrected chi connectivity index (χ1v) is 30.1. The van der Waals surface area contributed by atoms with E-state index in [1.165, 1.54) is 94.6 Å². The van der Waals surface area contributed by atoms with Gasteiger partial charge in [0.2, 0.25) is 0 Å². The van der Waals surface area contributed by atoms with Crippen LogP contribution in [-0.2, 0) is 41.8 Å². The first-order chi connectivity index (χ1) is 39.9. The number of halogens is 1. The number of pyridine rings is 2. The molecular weight excluding hydrogens is 1240 g/mol. The largest absolute Gasteiger partial charge is 0.500 e. The molecule has 85 heavy (non-hydrogen) atoms. The van der Waals surface area contributed by atoms with Gasteiger partial charge in [-0.15, -0.1) is 48.0 Å². The average Bonchev–Trinajstić information content (AvgIpc) is 1.03. The van der Waals surface area contributed by atoms with E-state index in [1.54, 1.807) is 6.07 Å². The number of para-hydroxylation sites is 1. The Kier molecular flexibility index (Phi) is 14.4. The summed E-state index contributed by atoms with van der Waals surface area (Å²) in [5, 5.41) is 2.13. The fraction of sp³-hybridized carbons (Fsp3) is 0.237. The van der Waals surface area contributed by atoms with E-state index in [4.69, 9.17) is 9.40 Å². The Balaban J connectivity index is 0.000000386. The number of aromatic nitrogens is 2. The minimum absolute atomic E-state index is 0. The van der Waals surface area contributed by atoms with Gasteiger partial charge in [0.1, 0.15) is 5.58 Å². The molecule has 0 bridgehead atoms. The molecule has 3 aromatic heterocycles. The monoisotopic (exact) mass is 1310 g/mol. The van der Waals surface area contributed by atoms with Crippen LogP contribution in [0.5, 0.6) is 0 Å². The van der Waals surface area contributed by atoms with Crippen molar-refractivity contribution in [3.05, 3.63) is 221 Å². The van der Waals surface area contributed by atoms with Crippen LogP contribution in [0.25, 0.3) is 55.6 Å². The van der Waals surface area contributed by atoms with Crippen molar-refractivity contribution in [3.8, 4) is 33.6 Å². The third-order valence-corrected chi connectivity index (χ3v) is 18.3. The second-order valence-corrected chi connectivity index (χ2v) is 28.3. The van der Waals surface area contributed by atoms with Crippen LogP contribution < -0.4 is 26.2 Å². The molecule has 3 aliphatic rings. The van der Waals surface area contributed by atoms with Crippen molar-refractivity contribution in [2.24, 2.45) is 0 Å². The molecular formula is C76H70BFIrN4OS-2. The zero-order valence-corrected chi connectivity index (χ0v) is 54.3. The van der Waals surface area contributed by atoms with Gasteiger partial charge in [-0.2, -0.15) is 0 Å². The molecule has 427 valence electrons. The van der Waals surface area contributed by atoms with Gasteiger partial charge in [-0.05, 0) is 151 Å². The second-order valence-electron chi connectivity index (χ2n) is 27.2. The maximum Gasteiger partial charge on any atom is 0.252 e. The fourth-order valence-electron chi connectivity index (χ4n) is 12.3. The van der Waals surface area contributed by atoms with Gasteiger partial charge in [-0.25, -0.2) is 0 Å². The van der Waals surface area contributed by atoms with Crippen molar-refractivity contribution in [1.29, 1.82) is 0 Å². The van der Waals surface area contributed by atoms with Crippen LogP contribution in [-0.4, -0.2) is 16.7 Å². The van der Waals surface area contributed by atoms with Gasteiger partial charge in [0, 0.05) is 81.8 Å². The normalized spacial score (nSPS) is 13.4. The minimum atomic E-state index is -0.275. The number of hydrogen-bond acceptors (Lipinski definition) is 6. The molecule has 9 heteroatoms. The summed E-state index contributed by atoms with van der Waals surface area (Å²) < 4.78 is 19.8. The van der Waals surface area contributed by atoms with E-state index in [0.29, 0.717) is 0 Å². The van der Waals surface area contributed by atoms with E-state index < -0.39 is 0 Å². The topological polar surface area (TPSA) is 45.4 Å². The number of benzene rings is 8. The first kappa shape index (κ1) is 57.9. The summed E-state index contributed by atoms with van der Waals surface area (Å²) in [6.45, 7) is 32.0. The van der Waals surface area contributed by atoms with E-state index in [2.05, 4.69) is 219 Å². The molecule has 0 unspecified atom stereocenters. The van der Waals surface area contributed by atoms with Gasteiger partial charge in [-0.3, -0.25) is 4.39 Å². The van der Waals surface area contributed by atoms with Crippen molar-refractivity contribution in [3.63, 3.8) is 0 Å². The number of hydrogen-bond donors (Lipinski definition) is 0. The van der Waals surface area contributed by atoms with Gasteiger partial charge in [0.15, 0.2) is 0 Å². The smallest absolute Gasteiger partial charge is 0.252 e. The Hall–Kier alpha value is -7.55. The third-order valence-electron chi connectivity index (χ3n) is 17.2. The minimum Gasteiger partial charge on any atom is -0.500 e. The number of nitrogens with zero attached hydrogens (tertiary/aromatic N) is 4. The number of fused-ring (bicyclic) bond motifs is 9. The Labute approximate surface area is 519 Å². The van der Waals surface area contributed by atoms with Gasteiger partial charge < -0.3 is 24.2 Å². The Morgan fingerprint density at radius 3 is 1.84 bits per heavy atom. The molecule has 0 aliphatic carbocycles. The van der Waals surface area contributed by atoms with E-state index in [-0.39, 0.29) is 54.3 Å². The van der Waals surface area contributed by atoms with E-state index >= 15 is 0 Å². The van der Waals surface area contributed by atoms with Crippen LogP contribution in [0.3, 0.4) is 0 Å². The predicted molar refractivity (Wildman–Crippen MR) is 352 cm³/mol. The zero-order chi connectivity index (χ0) is 58.9. The third kappa shape index (κ3) is 10.2. The summed E-state index contributed by atoms with van der Waals surface area (Å²) in [7, 11) is 0. The maximum absolute atomic E-state index is 12.7. The standard InChI is InChI=1S/C63H59BN3OS.C13H11FN.Ir/c1-60(2,3)38-22-26-42(27-23-38)66-50-28-24-39(61(4,5)6)33-47(50)64-48-34-41(63(10,11)12)36-55-57(48)67(51-29-25-40(62(7,8)9)35-54(51)69-55)53-32-37(31-52(66)56(53)64)43-17-15-18-44-45-19-16-20-46(59(45)68-58(43)44)49-21-13-14-30-65-49;1-9-7-13(15-8-10(9)2)11-3-5-12(14)6-4-11;/h13-19,21-36H,1-12H3;3,5-8H,1-2H3;/q2*-1;. The molecule has 11 aromatic rings. The van der Waals surface area contributed by atoms with E-state index in [9.17, 15) is 4.39 Å². The van der Waals surface area contributed by atoms with Crippen LogP contribution in [0.4, 0.5) is 38.5 Å². The predicted octanol–water partition coefficient (Wildman–Crippen LogP) is 19.2. The van der Waals surface area contributed by atoms with Gasteiger partial charge >= 0.3 is 0 Å². The molecule has 8 aromatic carbocycles. The Morgan fingerprint density at radius 2 is 1.18 bits per heavy atom. The summed E-state index contributed by atoms with van der Waals surface area (Å²) in [6, 6.07) is 63.3. The van der Waals surface area contributed by atoms with Crippen LogP contribution in [0.15, 0.2) is 184 Å². The first-order valence-electron chi connectivity index (χ1n) is 29.3. The molecule has 5 nitrogen and oxygen atoms in total. The van der Waals surface area contributed by atoms with E-state index in [1.807, 2.05) is 68.3 Å². The molecule has 6 heterocycles. The quantitative estimate of drug-likeness (QED) is 0.129. The van der Waals surface area contributed by atoms with Gasteiger partial charge in [0.25, 0.3) is 6.71 Å². The maximum atomic E-state index is 12.7. The molecule has 0 saturated carbocycles. The SMILES string of the molecule is CC(C)(C)c1ccc(N2c3ccc(C(C)(C)C)cc3B3c4cc(C(C)(C)C)cc5c4N(c4ccc(C(C)(C)C)cc4S5)c4cc(-c5cccc6c5oc5c(-c7ccccn7)[c-]ccc56)cc2c43)cc1.Cc1cnc(-c2[c-]cc(F)cc2)cc1C.[Ir]. The summed E-state index contributed by atoms with van der Waals surface area (Å²) in [6.07, 6.45) is 3.66. The summed E-state index contributed by atoms with van der Waals surface area (Å²) in [5.41, 5.74) is 26.0. The number of furan rings is 1. The van der Waals surface area contributed by atoms with Crippen LogP contribution in [0, 0.1) is 31.8 Å². The van der Waals surface area contributed by atoms with Crippen LogP contribution in [0.2, 0.25) is 0 Å². The molecule has 0 amide bonds. The van der Waals surface area contributed by atoms with Crippen molar-refractivity contribution < 1.29 is 28.9 Å². The van der Waals surface area contributed by atoms with Gasteiger partial charge in [-0.1, -0.05) is 184 Å². The molecule has 0 fully saturated rings. The zero-order valence-electron chi connectivity index (χ0n) is 51.1. The van der Waals surface area contributed by atoms with Crippen molar-refractivity contribution in [2.45, 2.75) is 128 Å². The number of aryl methyl sites for hydroxylation is 2. The number of rotatable bonds is 4. The van der Waals surface area contributed by atoms with Crippen molar-refractivity contribution >= 4 is 90.9 Å². The Morgan fingerprint density at radius 1 is 0.529 bits per heavy atom. The molecule has 0 spiro atoms.